The number of nitrogens with zero attached hydrogens (tertiary/aromatic N) is 2. The summed E-state index contributed by atoms with van der Waals surface area (Å²) in [7, 11) is -2.76. The zero-order chi connectivity index (χ0) is 31.7. The number of nitrogens with one attached hydrogen (secondary N) is 1. The third kappa shape index (κ3) is 8.11. The van der Waals surface area contributed by atoms with Crippen LogP contribution >= 0.6 is 23.2 Å². The Bertz CT molecular complexity index is 1690. The summed E-state index contributed by atoms with van der Waals surface area (Å²) in [5.74, 6) is -0.409. The van der Waals surface area contributed by atoms with E-state index < -0.39 is 28.5 Å². The predicted octanol–water partition coefficient (Wildman–Crippen LogP) is 5.97. The normalized spacial score (nSPS) is 11.8. The molecule has 0 aliphatic rings. The van der Waals surface area contributed by atoms with Crippen LogP contribution in [0.3, 0.4) is 0 Å². The van der Waals surface area contributed by atoms with Gasteiger partial charge in [-0.2, -0.15) is 0 Å². The van der Waals surface area contributed by atoms with E-state index in [1.807, 2.05) is 36.4 Å². The standard InChI is InChI=1S/C33H33Cl2N3O5S/c1-3-36-33(40)31(20-24-11-6-4-7-12-24)37(22-25-13-10-14-27(19-25)43-2)32(39)23-38(30-21-26(34)17-18-29(30)35)44(41,42)28-15-8-5-9-16-28/h4-19,21,31H,3,20,22-23H2,1-2H3,(H,36,40). The van der Waals surface area contributed by atoms with Gasteiger partial charge < -0.3 is 15.0 Å². The first-order valence-electron chi connectivity index (χ1n) is 13.9. The molecular weight excluding hydrogens is 621 g/mol. The number of hydrogen-bond acceptors (Lipinski definition) is 5. The molecule has 4 aromatic carbocycles. The van der Waals surface area contributed by atoms with E-state index >= 15 is 0 Å². The fraction of sp³-hybridized carbons (Fsp3) is 0.212. The average Bonchev–Trinajstić information content (AvgIpc) is 3.03. The monoisotopic (exact) mass is 653 g/mol. The van der Waals surface area contributed by atoms with Gasteiger partial charge in [-0.15, -0.1) is 0 Å². The van der Waals surface area contributed by atoms with E-state index in [2.05, 4.69) is 5.32 Å². The molecule has 0 radical (unpaired) electrons. The van der Waals surface area contributed by atoms with E-state index in [-0.39, 0.29) is 39.5 Å². The molecule has 0 saturated carbocycles. The summed E-state index contributed by atoms with van der Waals surface area (Å²) in [6, 6.07) is 27.6. The number of rotatable bonds is 13. The molecule has 1 N–H and O–H groups in total. The SMILES string of the molecule is CCNC(=O)C(Cc1ccccc1)N(Cc1cccc(OC)c1)C(=O)CN(c1cc(Cl)ccc1Cl)S(=O)(=O)c1ccccc1. The van der Waals surface area contributed by atoms with Crippen LogP contribution in [0.4, 0.5) is 5.69 Å². The number of likely N-dealkylation sites (N-methyl/N-ethyl adjacent to an activating group) is 1. The number of amides is 2. The summed E-state index contributed by atoms with van der Waals surface area (Å²) in [6.07, 6.45) is 0.200. The Kier molecular flexibility index (Phi) is 11.3. The Labute approximate surface area is 268 Å². The van der Waals surface area contributed by atoms with Gasteiger partial charge >= 0.3 is 0 Å². The molecule has 0 bridgehead atoms. The Balaban J connectivity index is 1.83. The highest BCUT2D eigenvalue weighted by Crippen LogP contribution is 2.33. The van der Waals surface area contributed by atoms with Crippen LogP contribution in [-0.4, -0.2) is 51.4 Å². The van der Waals surface area contributed by atoms with E-state index in [9.17, 15) is 18.0 Å². The molecule has 4 aromatic rings. The molecule has 11 heteroatoms. The lowest BCUT2D eigenvalue weighted by molar-refractivity contribution is -0.140. The van der Waals surface area contributed by atoms with Gasteiger partial charge in [0.05, 0.1) is 22.7 Å². The van der Waals surface area contributed by atoms with Gasteiger partial charge in [-0.25, -0.2) is 8.42 Å². The Morgan fingerprint density at radius 2 is 1.52 bits per heavy atom. The minimum absolute atomic E-state index is 0.00711. The summed E-state index contributed by atoms with van der Waals surface area (Å²) in [5.41, 5.74) is 1.56. The van der Waals surface area contributed by atoms with Crippen molar-refractivity contribution in [2.75, 3.05) is 24.5 Å². The highest BCUT2D eigenvalue weighted by Gasteiger charge is 2.35. The fourth-order valence-electron chi connectivity index (χ4n) is 4.72. The van der Waals surface area contributed by atoms with Crippen LogP contribution in [0.1, 0.15) is 18.1 Å². The molecule has 0 aliphatic carbocycles. The van der Waals surface area contributed by atoms with Crippen LogP contribution in [-0.2, 0) is 32.6 Å². The summed E-state index contributed by atoms with van der Waals surface area (Å²) in [6.45, 7) is 1.50. The first-order chi connectivity index (χ1) is 21.1. The van der Waals surface area contributed by atoms with Crippen molar-refractivity contribution in [1.29, 1.82) is 0 Å². The Morgan fingerprint density at radius 1 is 0.864 bits per heavy atom. The Hall–Kier alpha value is -4.05. The van der Waals surface area contributed by atoms with Crippen LogP contribution in [0.25, 0.3) is 0 Å². The lowest BCUT2D eigenvalue weighted by Crippen LogP contribution is -2.53. The van der Waals surface area contributed by atoms with Gasteiger partial charge in [-0.3, -0.25) is 13.9 Å². The van der Waals surface area contributed by atoms with E-state index in [1.165, 1.54) is 42.3 Å². The summed E-state index contributed by atoms with van der Waals surface area (Å²) < 4.78 is 34.4. The van der Waals surface area contributed by atoms with Crippen molar-refractivity contribution in [3.63, 3.8) is 0 Å². The number of benzene rings is 4. The topological polar surface area (TPSA) is 96.0 Å². The Morgan fingerprint density at radius 3 is 2.18 bits per heavy atom. The van der Waals surface area contributed by atoms with E-state index in [1.54, 1.807) is 43.3 Å². The minimum Gasteiger partial charge on any atom is -0.497 e. The molecule has 4 rings (SSSR count). The van der Waals surface area contributed by atoms with Gasteiger partial charge in [0.1, 0.15) is 18.3 Å². The van der Waals surface area contributed by atoms with Crippen molar-refractivity contribution in [3.8, 4) is 5.75 Å². The van der Waals surface area contributed by atoms with Gasteiger partial charge in [0.2, 0.25) is 11.8 Å². The van der Waals surface area contributed by atoms with Crippen LogP contribution in [0, 0.1) is 0 Å². The number of sulfonamides is 1. The van der Waals surface area contributed by atoms with Crippen molar-refractivity contribution in [3.05, 3.63) is 124 Å². The average molecular weight is 655 g/mol. The van der Waals surface area contributed by atoms with Gasteiger partial charge in [0.25, 0.3) is 10.0 Å². The maximum absolute atomic E-state index is 14.4. The smallest absolute Gasteiger partial charge is 0.264 e. The number of carbonyl (C=O) groups is 2. The van der Waals surface area contributed by atoms with Crippen molar-refractivity contribution >= 4 is 50.7 Å². The lowest BCUT2D eigenvalue weighted by Gasteiger charge is -2.34. The highest BCUT2D eigenvalue weighted by atomic mass is 35.5. The van der Waals surface area contributed by atoms with Gasteiger partial charge in [-0.1, -0.05) is 83.9 Å². The summed E-state index contributed by atoms with van der Waals surface area (Å²) in [5, 5.41) is 3.17. The van der Waals surface area contributed by atoms with Crippen molar-refractivity contribution in [2.45, 2.75) is 30.8 Å². The van der Waals surface area contributed by atoms with Crippen LogP contribution in [0.5, 0.6) is 5.75 Å². The molecule has 0 fully saturated rings. The number of methoxy groups -OCH3 is 1. The second-order valence-corrected chi connectivity index (χ2v) is 12.6. The third-order valence-electron chi connectivity index (χ3n) is 6.90. The fourth-order valence-corrected chi connectivity index (χ4v) is 6.61. The molecule has 230 valence electrons. The molecule has 0 saturated heterocycles. The molecule has 0 aliphatic heterocycles. The molecule has 1 unspecified atom stereocenters. The molecule has 0 heterocycles. The second-order valence-electron chi connectivity index (χ2n) is 9.89. The second kappa shape index (κ2) is 15.1. The van der Waals surface area contributed by atoms with Gasteiger partial charge in [-0.05, 0) is 60.5 Å². The zero-order valence-electron chi connectivity index (χ0n) is 24.3. The first kappa shape index (κ1) is 32.9. The number of halogens is 2. The minimum atomic E-state index is -4.30. The number of ether oxygens (including phenoxy) is 1. The molecular formula is C33H33Cl2N3O5S. The van der Waals surface area contributed by atoms with E-state index in [4.69, 9.17) is 27.9 Å². The van der Waals surface area contributed by atoms with Crippen molar-refractivity contribution < 1.29 is 22.7 Å². The largest absolute Gasteiger partial charge is 0.497 e. The van der Waals surface area contributed by atoms with Crippen LogP contribution in [0.2, 0.25) is 10.0 Å². The van der Waals surface area contributed by atoms with Crippen LogP contribution in [0.15, 0.2) is 108 Å². The lowest BCUT2D eigenvalue weighted by atomic mass is 10.0. The molecule has 1 atom stereocenters. The van der Waals surface area contributed by atoms with Crippen molar-refractivity contribution in [2.24, 2.45) is 0 Å². The highest BCUT2D eigenvalue weighted by molar-refractivity contribution is 7.92. The number of carbonyl (C=O) groups excluding carboxylic acids is 2. The number of hydrogen-bond donors (Lipinski definition) is 1. The molecule has 2 amide bonds. The van der Waals surface area contributed by atoms with Crippen molar-refractivity contribution in [1.82, 2.24) is 10.2 Å². The summed E-state index contributed by atoms with van der Waals surface area (Å²) >= 11 is 12.8. The van der Waals surface area contributed by atoms with Crippen LogP contribution < -0.4 is 14.4 Å². The molecule has 0 spiro atoms. The third-order valence-corrected chi connectivity index (χ3v) is 9.22. The predicted molar refractivity (Wildman–Crippen MR) is 174 cm³/mol. The quantitative estimate of drug-likeness (QED) is 0.192. The van der Waals surface area contributed by atoms with E-state index in [0.29, 0.717) is 17.9 Å². The maximum Gasteiger partial charge on any atom is 0.264 e. The molecule has 8 nitrogen and oxygen atoms in total. The van der Waals surface area contributed by atoms with Gasteiger partial charge in [0.15, 0.2) is 0 Å². The summed E-state index contributed by atoms with van der Waals surface area (Å²) in [4.78, 5) is 29.4. The maximum atomic E-state index is 14.4. The zero-order valence-corrected chi connectivity index (χ0v) is 26.6. The molecule has 44 heavy (non-hydrogen) atoms. The van der Waals surface area contributed by atoms with E-state index in [0.717, 1.165) is 9.87 Å². The number of anilines is 1. The van der Waals surface area contributed by atoms with Gasteiger partial charge in [0, 0.05) is 24.5 Å². The first-order valence-corrected chi connectivity index (χ1v) is 16.1. The molecule has 0 aromatic heterocycles.